The Balaban J connectivity index is 0. The van der Waals surface area contributed by atoms with E-state index >= 15 is 0 Å². The molecule has 0 aliphatic carbocycles. The Labute approximate surface area is 74.4 Å². The van der Waals surface area contributed by atoms with Crippen molar-refractivity contribution < 1.29 is 9.90 Å². The Bertz CT molecular complexity index is 99.2. The number of likely N-dealkylation sites (N-methyl/N-ethyl adjacent to an activating group) is 1. The SMILES string of the molecule is CC(=O)O.CCN(CC)CCN. The van der Waals surface area contributed by atoms with Gasteiger partial charge in [0.1, 0.15) is 0 Å². The summed E-state index contributed by atoms with van der Waals surface area (Å²) in [6.45, 7) is 9.44. The van der Waals surface area contributed by atoms with Crippen LogP contribution in [0.25, 0.3) is 0 Å². The lowest BCUT2D eigenvalue weighted by Crippen LogP contribution is -2.28. The van der Waals surface area contributed by atoms with Crippen molar-refractivity contribution >= 4 is 5.97 Å². The molecule has 4 nitrogen and oxygen atoms in total. The van der Waals surface area contributed by atoms with Gasteiger partial charge in [0.25, 0.3) is 5.97 Å². The molecule has 12 heavy (non-hydrogen) atoms. The minimum atomic E-state index is -0.833. The Morgan fingerprint density at radius 3 is 1.83 bits per heavy atom. The molecular formula is C8H20N2O2. The summed E-state index contributed by atoms with van der Waals surface area (Å²) in [5.41, 5.74) is 5.34. The molecule has 74 valence electrons. The monoisotopic (exact) mass is 176 g/mol. The van der Waals surface area contributed by atoms with Gasteiger partial charge in [-0.15, -0.1) is 0 Å². The molecule has 3 N–H and O–H groups in total. The second-order valence-electron chi connectivity index (χ2n) is 2.33. The molecule has 0 unspecified atom stereocenters. The third-order valence-electron chi connectivity index (χ3n) is 1.34. The Hall–Kier alpha value is -0.610. The lowest BCUT2D eigenvalue weighted by Gasteiger charge is -2.15. The van der Waals surface area contributed by atoms with Gasteiger partial charge in [-0.05, 0) is 13.1 Å². The molecule has 0 aromatic heterocycles. The average Bonchev–Trinajstić information content (AvgIpc) is 1.99. The third kappa shape index (κ3) is 16.2. The molecule has 0 bridgehead atoms. The summed E-state index contributed by atoms with van der Waals surface area (Å²) in [4.78, 5) is 11.3. The minimum absolute atomic E-state index is 0.779. The number of nitrogens with two attached hydrogens (primary N) is 1. The molecule has 0 aliphatic heterocycles. The standard InChI is InChI=1S/C6H16N2.C2H4O2/c1-3-8(4-2)6-5-7;1-2(3)4/h3-7H2,1-2H3;1H3,(H,3,4). The molecule has 0 aromatic carbocycles. The number of aliphatic carboxylic acids is 1. The summed E-state index contributed by atoms with van der Waals surface area (Å²) < 4.78 is 0. The summed E-state index contributed by atoms with van der Waals surface area (Å²) >= 11 is 0. The van der Waals surface area contributed by atoms with Crippen LogP contribution in [0.1, 0.15) is 20.8 Å². The molecule has 4 heteroatoms. The molecule has 0 fully saturated rings. The fourth-order valence-electron chi connectivity index (χ4n) is 0.722. The van der Waals surface area contributed by atoms with Crippen molar-refractivity contribution in [3.63, 3.8) is 0 Å². The van der Waals surface area contributed by atoms with E-state index in [4.69, 9.17) is 15.6 Å². The van der Waals surface area contributed by atoms with Gasteiger partial charge in [-0.3, -0.25) is 4.79 Å². The molecule has 0 spiro atoms. The van der Waals surface area contributed by atoms with Gasteiger partial charge < -0.3 is 15.7 Å². The van der Waals surface area contributed by atoms with Crippen molar-refractivity contribution in [2.75, 3.05) is 26.2 Å². The van der Waals surface area contributed by atoms with Crippen LogP contribution in [-0.2, 0) is 4.79 Å². The Morgan fingerprint density at radius 1 is 1.42 bits per heavy atom. The number of hydrogen-bond donors (Lipinski definition) is 2. The highest BCUT2D eigenvalue weighted by molar-refractivity contribution is 5.62. The largest absolute Gasteiger partial charge is 0.481 e. The van der Waals surface area contributed by atoms with Crippen LogP contribution in [0.3, 0.4) is 0 Å². The first-order chi connectivity index (χ1) is 5.58. The van der Waals surface area contributed by atoms with Crippen LogP contribution in [0.5, 0.6) is 0 Å². The predicted molar refractivity (Wildman–Crippen MR) is 50.2 cm³/mol. The number of nitrogens with zero attached hydrogens (tertiary/aromatic N) is 1. The lowest BCUT2D eigenvalue weighted by atomic mass is 10.5. The molecule has 0 saturated heterocycles. The quantitative estimate of drug-likeness (QED) is 0.649. The van der Waals surface area contributed by atoms with E-state index in [0.717, 1.165) is 33.1 Å². The fourth-order valence-corrected chi connectivity index (χ4v) is 0.722. The van der Waals surface area contributed by atoms with Gasteiger partial charge in [0.05, 0.1) is 0 Å². The highest BCUT2D eigenvalue weighted by Crippen LogP contribution is 1.81. The second kappa shape index (κ2) is 10.4. The normalized spacial score (nSPS) is 9.08. The van der Waals surface area contributed by atoms with Gasteiger partial charge in [-0.1, -0.05) is 13.8 Å². The van der Waals surface area contributed by atoms with Crippen molar-refractivity contribution in [3.05, 3.63) is 0 Å². The van der Waals surface area contributed by atoms with Crippen LogP contribution < -0.4 is 5.73 Å². The van der Waals surface area contributed by atoms with Gasteiger partial charge in [-0.25, -0.2) is 0 Å². The Morgan fingerprint density at radius 2 is 1.75 bits per heavy atom. The first kappa shape index (κ1) is 13.9. The molecule has 0 atom stereocenters. The maximum atomic E-state index is 9.00. The van der Waals surface area contributed by atoms with Crippen molar-refractivity contribution in [2.24, 2.45) is 5.73 Å². The van der Waals surface area contributed by atoms with Gasteiger partial charge >= 0.3 is 0 Å². The van der Waals surface area contributed by atoms with E-state index in [2.05, 4.69) is 18.7 Å². The Kier molecular flexibility index (Phi) is 12.1. The van der Waals surface area contributed by atoms with Crippen molar-refractivity contribution in [3.8, 4) is 0 Å². The minimum Gasteiger partial charge on any atom is -0.481 e. The lowest BCUT2D eigenvalue weighted by molar-refractivity contribution is -0.134. The second-order valence-corrected chi connectivity index (χ2v) is 2.33. The summed E-state index contributed by atoms with van der Waals surface area (Å²) in [5, 5.41) is 7.42. The zero-order valence-corrected chi connectivity index (χ0v) is 8.21. The molecule has 0 amide bonds. The predicted octanol–water partition coefficient (Wildman–Crippen LogP) is 0.378. The van der Waals surface area contributed by atoms with E-state index < -0.39 is 5.97 Å². The summed E-state index contributed by atoms with van der Waals surface area (Å²) in [6, 6.07) is 0. The van der Waals surface area contributed by atoms with E-state index in [1.54, 1.807) is 0 Å². The van der Waals surface area contributed by atoms with Crippen LogP contribution in [-0.4, -0.2) is 42.2 Å². The molecule has 0 aliphatic rings. The van der Waals surface area contributed by atoms with E-state index in [-0.39, 0.29) is 0 Å². The molecule has 0 heterocycles. The maximum absolute atomic E-state index is 9.00. The van der Waals surface area contributed by atoms with E-state index in [0.29, 0.717) is 0 Å². The van der Waals surface area contributed by atoms with Crippen molar-refractivity contribution in [1.29, 1.82) is 0 Å². The molecular weight excluding hydrogens is 156 g/mol. The zero-order chi connectivity index (χ0) is 9.98. The smallest absolute Gasteiger partial charge is 0.300 e. The highest BCUT2D eigenvalue weighted by atomic mass is 16.4. The number of hydrogen-bond acceptors (Lipinski definition) is 3. The summed E-state index contributed by atoms with van der Waals surface area (Å²) in [6.07, 6.45) is 0. The van der Waals surface area contributed by atoms with Gasteiger partial charge in [0.15, 0.2) is 0 Å². The molecule has 0 radical (unpaired) electrons. The van der Waals surface area contributed by atoms with E-state index in [1.165, 1.54) is 0 Å². The first-order valence-corrected chi connectivity index (χ1v) is 4.20. The van der Waals surface area contributed by atoms with Crippen molar-refractivity contribution in [2.45, 2.75) is 20.8 Å². The van der Waals surface area contributed by atoms with Crippen molar-refractivity contribution in [1.82, 2.24) is 4.90 Å². The van der Waals surface area contributed by atoms with E-state index in [9.17, 15) is 0 Å². The number of carboxylic acids is 1. The van der Waals surface area contributed by atoms with E-state index in [1.807, 2.05) is 0 Å². The average molecular weight is 176 g/mol. The fraction of sp³-hybridized carbons (Fsp3) is 0.875. The number of carboxylic acid groups (broad SMARTS) is 1. The van der Waals surface area contributed by atoms with Gasteiger partial charge in [0.2, 0.25) is 0 Å². The number of rotatable bonds is 4. The van der Waals surface area contributed by atoms with Crippen LogP contribution in [0.15, 0.2) is 0 Å². The van der Waals surface area contributed by atoms with Gasteiger partial charge in [0, 0.05) is 20.0 Å². The van der Waals surface area contributed by atoms with Crippen LogP contribution in [0.4, 0.5) is 0 Å². The summed E-state index contributed by atoms with van der Waals surface area (Å²) in [5.74, 6) is -0.833. The third-order valence-corrected chi connectivity index (χ3v) is 1.34. The van der Waals surface area contributed by atoms with Crippen LogP contribution >= 0.6 is 0 Å². The van der Waals surface area contributed by atoms with Gasteiger partial charge in [-0.2, -0.15) is 0 Å². The summed E-state index contributed by atoms with van der Waals surface area (Å²) in [7, 11) is 0. The topological polar surface area (TPSA) is 66.6 Å². The van der Waals surface area contributed by atoms with Crippen LogP contribution in [0, 0.1) is 0 Å². The molecule has 0 rings (SSSR count). The molecule has 0 aromatic rings. The zero-order valence-electron chi connectivity index (χ0n) is 8.21. The number of carbonyl (C=O) groups is 1. The first-order valence-electron chi connectivity index (χ1n) is 4.20. The highest BCUT2D eigenvalue weighted by Gasteiger charge is 1.92. The van der Waals surface area contributed by atoms with Crippen LogP contribution in [0.2, 0.25) is 0 Å². The molecule has 0 saturated carbocycles. The maximum Gasteiger partial charge on any atom is 0.300 e.